The van der Waals surface area contributed by atoms with Gasteiger partial charge in [0, 0.05) is 26.0 Å². The number of hydrogen-bond donors (Lipinski definition) is 1. The summed E-state index contributed by atoms with van der Waals surface area (Å²) in [4.78, 5) is 4.46. The number of hydrogen-bond acceptors (Lipinski definition) is 5. The molecule has 0 fully saturated rings. The molecular formula is C15H29N3O2. The number of methoxy groups -OCH3 is 1. The molecule has 5 heteroatoms. The summed E-state index contributed by atoms with van der Waals surface area (Å²) in [6.07, 6.45) is 3.86. The van der Waals surface area contributed by atoms with Crippen LogP contribution in [-0.4, -0.2) is 35.9 Å². The van der Waals surface area contributed by atoms with E-state index in [9.17, 15) is 0 Å². The van der Waals surface area contributed by atoms with E-state index in [4.69, 9.17) is 9.26 Å². The molecule has 0 saturated heterocycles. The van der Waals surface area contributed by atoms with Crippen LogP contribution in [0.1, 0.15) is 52.3 Å². The van der Waals surface area contributed by atoms with Crippen molar-refractivity contribution >= 4 is 0 Å². The van der Waals surface area contributed by atoms with Crippen molar-refractivity contribution in [3.63, 3.8) is 0 Å². The minimum absolute atomic E-state index is 0.116. The van der Waals surface area contributed by atoms with Gasteiger partial charge in [-0.1, -0.05) is 25.9 Å². The van der Waals surface area contributed by atoms with Crippen LogP contribution in [0.5, 0.6) is 0 Å². The molecule has 0 bridgehead atoms. The Morgan fingerprint density at radius 2 is 2.00 bits per heavy atom. The first-order valence-electron chi connectivity index (χ1n) is 7.62. The Labute approximate surface area is 122 Å². The molecule has 20 heavy (non-hydrogen) atoms. The van der Waals surface area contributed by atoms with Crippen molar-refractivity contribution in [2.45, 2.75) is 65.5 Å². The van der Waals surface area contributed by atoms with E-state index in [1.165, 1.54) is 0 Å². The molecular weight excluding hydrogens is 254 g/mol. The first kappa shape index (κ1) is 17.1. The Morgan fingerprint density at radius 3 is 2.60 bits per heavy atom. The predicted molar refractivity (Wildman–Crippen MR) is 79.7 cm³/mol. The number of aromatic nitrogens is 2. The van der Waals surface area contributed by atoms with Gasteiger partial charge in [-0.3, -0.25) is 0 Å². The summed E-state index contributed by atoms with van der Waals surface area (Å²) in [7, 11) is 1.69. The summed E-state index contributed by atoms with van der Waals surface area (Å²) in [5.74, 6) is 2.10. The molecule has 116 valence electrons. The SMILES string of the molecule is CCCNC(Cc1nc(CC(C)OC)no1)CC(C)C. The second kappa shape index (κ2) is 9.08. The first-order valence-corrected chi connectivity index (χ1v) is 7.62. The maximum atomic E-state index is 5.35. The molecule has 1 N–H and O–H groups in total. The van der Waals surface area contributed by atoms with Crippen molar-refractivity contribution in [2.24, 2.45) is 5.92 Å². The van der Waals surface area contributed by atoms with Crippen molar-refractivity contribution in [3.05, 3.63) is 11.7 Å². The summed E-state index contributed by atoms with van der Waals surface area (Å²) in [5.41, 5.74) is 0. The summed E-state index contributed by atoms with van der Waals surface area (Å²) in [6.45, 7) is 9.68. The number of ether oxygens (including phenoxy) is 1. The Balaban J connectivity index is 2.54. The maximum Gasteiger partial charge on any atom is 0.228 e. The van der Waals surface area contributed by atoms with Crippen molar-refractivity contribution in [3.8, 4) is 0 Å². The summed E-state index contributed by atoms with van der Waals surface area (Å²) >= 11 is 0. The summed E-state index contributed by atoms with van der Waals surface area (Å²) < 4.78 is 10.6. The van der Waals surface area contributed by atoms with Gasteiger partial charge < -0.3 is 14.6 Å². The normalized spacial score (nSPS) is 14.7. The van der Waals surface area contributed by atoms with Crippen LogP contribution in [-0.2, 0) is 17.6 Å². The molecule has 1 aromatic heterocycles. The highest BCUT2D eigenvalue weighted by atomic mass is 16.5. The molecule has 0 radical (unpaired) electrons. The third-order valence-electron chi connectivity index (χ3n) is 3.24. The van der Waals surface area contributed by atoms with Crippen LogP contribution >= 0.6 is 0 Å². The smallest absolute Gasteiger partial charge is 0.228 e. The van der Waals surface area contributed by atoms with Crippen LogP contribution in [0, 0.1) is 5.92 Å². The maximum absolute atomic E-state index is 5.35. The van der Waals surface area contributed by atoms with E-state index in [2.05, 4.69) is 36.2 Å². The molecule has 0 spiro atoms. The molecule has 1 heterocycles. The third-order valence-corrected chi connectivity index (χ3v) is 3.24. The zero-order valence-electron chi connectivity index (χ0n) is 13.5. The van der Waals surface area contributed by atoms with Gasteiger partial charge >= 0.3 is 0 Å². The molecule has 2 unspecified atom stereocenters. The molecule has 0 aliphatic rings. The Bertz CT molecular complexity index is 366. The average Bonchev–Trinajstić information content (AvgIpc) is 2.82. The van der Waals surface area contributed by atoms with E-state index >= 15 is 0 Å². The van der Waals surface area contributed by atoms with E-state index in [1.807, 2.05) is 6.92 Å². The van der Waals surface area contributed by atoms with Gasteiger partial charge in [-0.05, 0) is 32.2 Å². The zero-order valence-corrected chi connectivity index (χ0v) is 13.5. The number of rotatable bonds is 10. The van der Waals surface area contributed by atoms with Crippen LogP contribution in [0.3, 0.4) is 0 Å². The van der Waals surface area contributed by atoms with Gasteiger partial charge in [0.25, 0.3) is 0 Å². The standard InChI is InChI=1S/C15H29N3O2/c1-6-7-16-13(8-11(2)3)10-15-17-14(18-20-15)9-12(4)19-5/h11-13,16H,6-10H2,1-5H3. The lowest BCUT2D eigenvalue weighted by atomic mass is 10.0. The minimum Gasteiger partial charge on any atom is -0.381 e. The number of nitrogens with one attached hydrogen (secondary N) is 1. The van der Waals surface area contributed by atoms with Gasteiger partial charge in [0.1, 0.15) is 0 Å². The number of nitrogens with zero attached hydrogens (tertiary/aromatic N) is 2. The molecule has 0 aromatic carbocycles. The molecule has 5 nitrogen and oxygen atoms in total. The van der Waals surface area contributed by atoms with Gasteiger partial charge in [0.15, 0.2) is 5.82 Å². The van der Waals surface area contributed by atoms with Crippen molar-refractivity contribution in [1.29, 1.82) is 0 Å². The Hall–Kier alpha value is -0.940. The molecule has 0 aliphatic heterocycles. The summed E-state index contributed by atoms with van der Waals surface area (Å²) in [6, 6.07) is 0.406. The van der Waals surface area contributed by atoms with Crippen LogP contribution in [0.4, 0.5) is 0 Å². The molecule has 2 atom stereocenters. The van der Waals surface area contributed by atoms with Gasteiger partial charge in [0.2, 0.25) is 5.89 Å². The fourth-order valence-corrected chi connectivity index (χ4v) is 2.16. The molecule has 1 rings (SSSR count). The fourth-order valence-electron chi connectivity index (χ4n) is 2.16. The lowest BCUT2D eigenvalue weighted by Crippen LogP contribution is -2.33. The zero-order chi connectivity index (χ0) is 15.0. The van der Waals surface area contributed by atoms with Crippen LogP contribution < -0.4 is 5.32 Å². The monoisotopic (exact) mass is 283 g/mol. The van der Waals surface area contributed by atoms with Gasteiger partial charge in [-0.25, -0.2) is 0 Å². The Morgan fingerprint density at radius 1 is 1.25 bits per heavy atom. The minimum atomic E-state index is 0.116. The van der Waals surface area contributed by atoms with E-state index in [1.54, 1.807) is 7.11 Å². The molecule has 0 aliphatic carbocycles. The third kappa shape index (κ3) is 6.48. The highest BCUT2D eigenvalue weighted by molar-refractivity contribution is 4.91. The average molecular weight is 283 g/mol. The summed E-state index contributed by atoms with van der Waals surface area (Å²) in [5, 5.41) is 7.58. The van der Waals surface area contributed by atoms with Crippen LogP contribution in [0.2, 0.25) is 0 Å². The van der Waals surface area contributed by atoms with Gasteiger partial charge in [-0.15, -0.1) is 0 Å². The van der Waals surface area contributed by atoms with Crippen LogP contribution in [0.15, 0.2) is 4.52 Å². The molecule has 0 amide bonds. The van der Waals surface area contributed by atoms with Crippen molar-refractivity contribution < 1.29 is 9.26 Å². The second-order valence-electron chi connectivity index (χ2n) is 5.84. The highest BCUT2D eigenvalue weighted by Crippen LogP contribution is 2.11. The quantitative estimate of drug-likeness (QED) is 0.715. The van der Waals surface area contributed by atoms with Crippen molar-refractivity contribution in [2.75, 3.05) is 13.7 Å². The second-order valence-corrected chi connectivity index (χ2v) is 5.84. The Kier molecular flexibility index (Phi) is 7.77. The van der Waals surface area contributed by atoms with E-state index in [0.29, 0.717) is 18.4 Å². The topological polar surface area (TPSA) is 60.2 Å². The lowest BCUT2D eigenvalue weighted by molar-refractivity contribution is 0.116. The van der Waals surface area contributed by atoms with Gasteiger partial charge in [-0.2, -0.15) is 4.98 Å². The van der Waals surface area contributed by atoms with Gasteiger partial charge in [0.05, 0.1) is 6.10 Å². The predicted octanol–water partition coefficient (Wildman–Crippen LogP) is 2.60. The largest absolute Gasteiger partial charge is 0.381 e. The fraction of sp³-hybridized carbons (Fsp3) is 0.867. The van der Waals surface area contributed by atoms with Crippen molar-refractivity contribution in [1.82, 2.24) is 15.5 Å². The lowest BCUT2D eigenvalue weighted by Gasteiger charge is -2.18. The van der Waals surface area contributed by atoms with E-state index in [0.717, 1.165) is 37.5 Å². The first-order chi connectivity index (χ1) is 9.55. The van der Waals surface area contributed by atoms with E-state index < -0.39 is 0 Å². The molecule has 0 saturated carbocycles. The van der Waals surface area contributed by atoms with E-state index in [-0.39, 0.29) is 6.10 Å². The molecule has 1 aromatic rings. The highest BCUT2D eigenvalue weighted by Gasteiger charge is 2.16. The van der Waals surface area contributed by atoms with Crippen LogP contribution in [0.25, 0.3) is 0 Å².